The van der Waals surface area contributed by atoms with E-state index in [9.17, 15) is 4.79 Å². The summed E-state index contributed by atoms with van der Waals surface area (Å²) in [6, 6.07) is 8.19. The van der Waals surface area contributed by atoms with Crippen molar-refractivity contribution >= 4 is 17.7 Å². The van der Waals surface area contributed by atoms with E-state index in [2.05, 4.69) is 52.7 Å². The van der Waals surface area contributed by atoms with Crippen molar-refractivity contribution in [3.8, 4) is 11.4 Å². The SMILES string of the molecule is CCn1c(SCC(=O)N2CCCN(C)CC2)nnc1-c1ccccc1C. The number of thioether (sulfide) groups is 1. The molecule has 3 rings (SSSR count). The Hall–Kier alpha value is -1.86. The summed E-state index contributed by atoms with van der Waals surface area (Å²) in [5, 5.41) is 9.55. The number of benzene rings is 1. The molecule has 6 nitrogen and oxygen atoms in total. The van der Waals surface area contributed by atoms with Gasteiger partial charge in [0.1, 0.15) is 0 Å². The van der Waals surface area contributed by atoms with E-state index in [1.54, 1.807) is 0 Å². The zero-order chi connectivity index (χ0) is 18.5. The maximum atomic E-state index is 12.6. The van der Waals surface area contributed by atoms with Gasteiger partial charge in [0, 0.05) is 31.7 Å². The lowest BCUT2D eigenvalue weighted by Crippen LogP contribution is -2.35. The molecule has 0 radical (unpaired) electrons. The molecule has 2 heterocycles. The van der Waals surface area contributed by atoms with Gasteiger partial charge in [-0.05, 0) is 39.4 Å². The van der Waals surface area contributed by atoms with Crippen LogP contribution in [0.25, 0.3) is 11.4 Å². The summed E-state index contributed by atoms with van der Waals surface area (Å²) in [5.41, 5.74) is 2.27. The largest absolute Gasteiger partial charge is 0.341 e. The second kappa shape index (κ2) is 8.68. The van der Waals surface area contributed by atoms with Gasteiger partial charge in [0.25, 0.3) is 0 Å². The topological polar surface area (TPSA) is 54.3 Å². The molecule has 0 spiro atoms. The molecule has 1 saturated heterocycles. The molecular formula is C19H27N5OS. The molecule has 1 aromatic carbocycles. The van der Waals surface area contributed by atoms with Crippen LogP contribution in [-0.2, 0) is 11.3 Å². The highest BCUT2D eigenvalue weighted by Crippen LogP contribution is 2.26. The highest BCUT2D eigenvalue weighted by atomic mass is 32.2. The van der Waals surface area contributed by atoms with Crippen molar-refractivity contribution in [2.45, 2.75) is 32.0 Å². The summed E-state index contributed by atoms with van der Waals surface area (Å²) >= 11 is 1.49. The summed E-state index contributed by atoms with van der Waals surface area (Å²) < 4.78 is 2.09. The van der Waals surface area contributed by atoms with Crippen molar-refractivity contribution < 1.29 is 4.79 Å². The predicted molar refractivity (Wildman–Crippen MR) is 105 cm³/mol. The molecule has 0 bridgehead atoms. The number of nitrogens with zero attached hydrogens (tertiary/aromatic N) is 5. The van der Waals surface area contributed by atoms with Crippen molar-refractivity contribution in [2.24, 2.45) is 0 Å². The van der Waals surface area contributed by atoms with Gasteiger partial charge in [0.2, 0.25) is 5.91 Å². The van der Waals surface area contributed by atoms with Gasteiger partial charge >= 0.3 is 0 Å². The van der Waals surface area contributed by atoms with Gasteiger partial charge in [0.15, 0.2) is 11.0 Å². The number of amides is 1. The van der Waals surface area contributed by atoms with Gasteiger partial charge in [-0.2, -0.15) is 0 Å². The Morgan fingerprint density at radius 3 is 2.73 bits per heavy atom. The molecule has 0 saturated carbocycles. The third-order valence-corrected chi connectivity index (χ3v) is 5.77. The molecule has 7 heteroatoms. The van der Waals surface area contributed by atoms with Crippen molar-refractivity contribution in [2.75, 3.05) is 39.0 Å². The molecule has 1 aromatic heterocycles. The van der Waals surface area contributed by atoms with E-state index in [1.165, 1.54) is 17.3 Å². The van der Waals surface area contributed by atoms with Gasteiger partial charge in [-0.15, -0.1) is 10.2 Å². The summed E-state index contributed by atoms with van der Waals surface area (Å²) in [5.74, 6) is 1.47. The van der Waals surface area contributed by atoms with Crippen LogP contribution in [0.1, 0.15) is 18.9 Å². The molecule has 2 aromatic rings. The maximum absolute atomic E-state index is 12.6. The first-order chi connectivity index (χ1) is 12.6. The molecule has 140 valence electrons. The molecular weight excluding hydrogens is 346 g/mol. The Bertz CT molecular complexity index is 760. The zero-order valence-corrected chi connectivity index (χ0v) is 16.6. The Morgan fingerprint density at radius 2 is 1.96 bits per heavy atom. The monoisotopic (exact) mass is 373 g/mol. The average molecular weight is 374 g/mol. The minimum Gasteiger partial charge on any atom is -0.341 e. The van der Waals surface area contributed by atoms with Crippen molar-refractivity contribution in [1.82, 2.24) is 24.6 Å². The number of aromatic nitrogens is 3. The van der Waals surface area contributed by atoms with E-state index in [-0.39, 0.29) is 5.91 Å². The smallest absolute Gasteiger partial charge is 0.233 e. The number of aryl methyl sites for hydroxylation is 1. The van der Waals surface area contributed by atoms with Gasteiger partial charge in [-0.3, -0.25) is 4.79 Å². The number of likely N-dealkylation sites (N-methyl/N-ethyl adjacent to an activating group) is 1. The summed E-state index contributed by atoms with van der Waals surface area (Å²) in [4.78, 5) is 16.8. The fourth-order valence-corrected chi connectivity index (χ4v) is 4.12. The summed E-state index contributed by atoms with van der Waals surface area (Å²) in [6.07, 6.45) is 1.04. The average Bonchev–Trinajstić information content (AvgIpc) is 2.92. The second-order valence-electron chi connectivity index (χ2n) is 6.69. The minimum atomic E-state index is 0.188. The highest BCUT2D eigenvalue weighted by molar-refractivity contribution is 7.99. The Balaban J connectivity index is 1.69. The normalized spacial score (nSPS) is 15.9. The van der Waals surface area contributed by atoms with Crippen LogP contribution >= 0.6 is 11.8 Å². The highest BCUT2D eigenvalue weighted by Gasteiger charge is 2.20. The third kappa shape index (κ3) is 4.27. The Morgan fingerprint density at radius 1 is 1.15 bits per heavy atom. The predicted octanol–water partition coefficient (Wildman–Crippen LogP) is 2.53. The van der Waals surface area contributed by atoms with Crippen LogP contribution in [0.2, 0.25) is 0 Å². The molecule has 26 heavy (non-hydrogen) atoms. The zero-order valence-electron chi connectivity index (χ0n) is 15.8. The number of carbonyl (C=O) groups is 1. The molecule has 0 N–H and O–H groups in total. The number of rotatable bonds is 5. The van der Waals surface area contributed by atoms with Crippen LogP contribution in [0.5, 0.6) is 0 Å². The molecule has 0 unspecified atom stereocenters. The summed E-state index contributed by atoms with van der Waals surface area (Å²) in [6.45, 7) is 8.60. The van der Waals surface area contributed by atoms with E-state index in [0.29, 0.717) is 5.75 Å². The standard InChI is InChI=1S/C19H27N5OS/c1-4-24-18(16-9-6-5-8-15(16)2)20-21-19(24)26-14-17(25)23-11-7-10-22(3)12-13-23/h5-6,8-9H,4,7,10-14H2,1-3H3. The fraction of sp³-hybridized carbons (Fsp3) is 0.526. The van der Waals surface area contributed by atoms with Crippen LogP contribution in [-0.4, -0.2) is 69.5 Å². The maximum Gasteiger partial charge on any atom is 0.233 e. The summed E-state index contributed by atoms with van der Waals surface area (Å²) in [7, 11) is 2.11. The first-order valence-electron chi connectivity index (χ1n) is 9.18. The van der Waals surface area contributed by atoms with Crippen LogP contribution in [0.3, 0.4) is 0 Å². The quantitative estimate of drug-likeness (QED) is 0.754. The molecule has 0 atom stereocenters. The lowest BCUT2D eigenvalue weighted by atomic mass is 10.1. The van der Waals surface area contributed by atoms with Gasteiger partial charge in [0.05, 0.1) is 5.75 Å². The number of carbonyl (C=O) groups excluding carboxylic acids is 1. The Kier molecular flexibility index (Phi) is 6.32. The van der Waals surface area contributed by atoms with Crippen molar-refractivity contribution in [3.05, 3.63) is 29.8 Å². The first-order valence-corrected chi connectivity index (χ1v) is 10.2. The van der Waals surface area contributed by atoms with Gasteiger partial charge < -0.3 is 14.4 Å². The van der Waals surface area contributed by atoms with E-state index < -0.39 is 0 Å². The van der Waals surface area contributed by atoms with Crippen LogP contribution < -0.4 is 0 Å². The number of hydrogen-bond donors (Lipinski definition) is 0. The van der Waals surface area contributed by atoms with Gasteiger partial charge in [-0.25, -0.2) is 0 Å². The molecule has 0 aliphatic carbocycles. The molecule has 1 aliphatic heterocycles. The number of hydrogen-bond acceptors (Lipinski definition) is 5. The second-order valence-corrected chi connectivity index (χ2v) is 7.63. The van der Waals surface area contributed by atoms with Crippen LogP contribution in [0, 0.1) is 6.92 Å². The van der Waals surface area contributed by atoms with Crippen LogP contribution in [0.15, 0.2) is 29.4 Å². The lowest BCUT2D eigenvalue weighted by molar-refractivity contribution is -0.128. The fourth-order valence-electron chi connectivity index (χ4n) is 3.22. The molecule has 1 amide bonds. The Labute approximate surface area is 159 Å². The van der Waals surface area contributed by atoms with Crippen molar-refractivity contribution in [1.29, 1.82) is 0 Å². The molecule has 1 aliphatic rings. The van der Waals surface area contributed by atoms with E-state index >= 15 is 0 Å². The van der Waals surface area contributed by atoms with E-state index in [0.717, 1.165) is 55.7 Å². The first kappa shape index (κ1) is 18.9. The molecule has 1 fully saturated rings. The van der Waals surface area contributed by atoms with Crippen LogP contribution in [0.4, 0.5) is 0 Å². The third-order valence-electron chi connectivity index (χ3n) is 4.82. The lowest BCUT2D eigenvalue weighted by Gasteiger charge is -2.20. The minimum absolute atomic E-state index is 0.188. The van der Waals surface area contributed by atoms with E-state index in [4.69, 9.17) is 0 Å². The van der Waals surface area contributed by atoms with Gasteiger partial charge in [-0.1, -0.05) is 36.0 Å². The van der Waals surface area contributed by atoms with E-state index in [1.807, 2.05) is 17.0 Å². The van der Waals surface area contributed by atoms with Crippen molar-refractivity contribution in [3.63, 3.8) is 0 Å².